The summed E-state index contributed by atoms with van der Waals surface area (Å²) >= 11 is 0. The van der Waals surface area contributed by atoms with Crippen molar-refractivity contribution in [1.82, 2.24) is 15.1 Å². The summed E-state index contributed by atoms with van der Waals surface area (Å²) in [6.45, 7) is 9.20. The molecule has 0 aromatic heterocycles. The van der Waals surface area contributed by atoms with E-state index in [4.69, 9.17) is 9.47 Å². The number of nitrogens with zero attached hydrogens (tertiary/aromatic N) is 3. The molecule has 11 heteroatoms. The Bertz CT molecular complexity index is 1490. The van der Waals surface area contributed by atoms with E-state index in [9.17, 15) is 24.0 Å². The number of fused-ring (bicyclic) bond motifs is 1. The molecule has 0 radical (unpaired) electrons. The van der Waals surface area contributed by atoms with E-state index in [1.807, 2.05) is 45.0 Å². The molecule has 1 unspecified atom stereocenters. The Balaban J connectivity index is 1.01. The number of nitrogens with one attached hydrogen (secondary N) is 1. The number of piperazine rings is 1. The number of carbonyl (C=O) groups is 5. The molecule has 2 aromatic rings. The second kappa shape index (κ2) is 11.7. The molecule has 44 heavy (non-hydrogen) atoms. The second-order valence-corrected chi connectivity index (χ2v) is 12.9. The lowest BCUT2D eigenvalue weighted by Gasteiger charge is -2.39. The summed E-state index contributed by atoms with van der Waals surface area (Å²) in [5, 5.41) is 2.22. The Morgan fingerprint density at radius 3 is 2.25 bits per heavy atom. The first kappa shape index (κ1) is 29.8. The molecule has 2 aromatic carbocycles. The summed E-state index contributed by atoms with van der Waals surface area (Å²) in [6, 6.07) is 11.9. The highest BCUT2D eigenvalue weighted by Gasteiger charge is 2.45. The van der Waals surface area contributed by atoms with Gasteiger partial charge in [-0.15, -0.1) is 0 Å². The van der Waals surface area contributed by atoms with Crippen LogP contribution in [0, 0.1) is 0 Å². The molecule has 4 aliphatic rings. The van der Waals surface area contributed by atoms with Crippen LogP contribution in [0.3, 0.4) is 0 Å². The number of esters is 1. The third-order valence-corrected chi connectivity index (χ3v) is 8.77. The molecule has 2 saturated heterocycles. The average molecular weight is 603 g/mol. The molecule has 1 aliphatic carbocycles. The molecule has 1 saturated carbocycles. The topological polar surface area (TPSA) is 126 Å². The predicted octanol–water partition coefficient (Wildman–Crippen LogP) is 3.17. The molecule has 1 N–H and O–H groups in total. The summed E-state index contributed by atoms with van der Waals surface area (Å²) in [5.41, 5.74) is 1.57. The van der Waals surface area contributed by atoms with Crippen LogP contribution in [-0.4, -0.2) is 89.4 Å². The molecule has 6 rings (SSSR count). The van der Waals surface area contributed by atoms with Gasteiger partial charge in [-0.25, -0.2) is 4.79 Å². The van der Waals surface area contributed by atoms with E-state index >= 15 is 0 Å². The molecule has 232 valence electrons. The van der Waals surface area contributed by atoms with E-state index in [1.165, 1.54) is 0 Å². The second-order valence-electron chi connectivity index (χ2n) is 12.9. The lowest BCUT2D eigenvalue weighted by atomic mass is 10.0. The van der Waals surface area contributed by atoms with Gasteiger partial charge in [-0.05, 0) is 88.9 Å². The van der Waals surface area contributed by atoms with Crippen molar-refractivity contribution in [3.05, 3.63) is 59.2 Å². The number of ether oxygens (including phenoxy) is 2. The van der Waals surface area contributed by atoms with Crippen LogP contribution in [0.1, 0.15) is 83.9 Å². The fourth-order valence-electron chi connectivity index (χ4n) is 6.56. The number of hydrogen-bond acceptors (Lipinski definition) is 9. The van der Waals surface area contributed by atoms with Gasteiger partial charge in [0.15, 0.2) is 0 Å². The fraction of sp³-hybridized carbons (Fsp3) is 0.485. The Hall–Kier alpha value is -4.25. The number of imide groups is 2. The maximum absolute atomic E-state index is 13.2. The highest BCUT2D eigenvalue weighted by Crippen LogP contribution is 2.33. The Labute approximate surface area is 256 Å². The summed E-state index contributed by atoms with van der Waals surface area (Å²) in [7, 11) is 0. The van der Waals surface area contributed by atoms with Gasteiger partial charge in [-0.1, -0.05) is 0 Å². The van der Waals surface area contributed by atoms with Crippen molar-refractivity contribution in [2.24, 2.45) is 0 Å². The molecule has 3 aliphatic heterocycles. The predicted molar refractivity (Wildman–Crippen MR) is 161 cm³/mol. The Morgan fingerprint density at radius 1 is 0.864 bits per heavy atom. The normalized spacial score (nSPS) is 24.4. The van der Waals surface area contributed by atoms with E-state index in [1.54, 1.807) is 18.2 Å². The number of rotatable bonds is 6. The summed E-state index contributed by atoms with van der Waals surface area (Å²) in [5.74, 6) is -1.87. The van der Waals surface area contributed by atoms with E-state index < -0.39 is 35.3 Å². The first-order valence-corrected chi connectivity index (χ1v) is 15.3. The molecular formula is C33H38N4O7. The lowest BCUT2D eigenvalue weighted by Crippen LogP contribution is -2.54. The van der Waals surface area contributed by atoms with Gasteiger partial charge < -0.3 is 14.4 Å². The number of amides is 4. The minimum Gasteiger partial charge on any atom is -0.490 e. The third-order valence-electron chi connectivity index (χ3n) is 8.77. The molecule has 11 nitrogen and oxygen atoms in total. The minimum absolute atomic E-state index is 0.00470. The maximum atomic E-state index is 13.2. The van der Waals surface area contributed by atoms with Gasteiger partial charge in [0.2, 0.25) is 11.8 Å². The number of benzene rings is 2. The minimum atomic E-state index is -0.989. The van der Waals surface area contributed by atoms with Crippen molar-refractivity contribution in [3.8, 4) is 5.75 Å². The standard InChI is InChI=1S/C33H38N4O7/c1-33(2,3)44-32(42)20-4-6-21(7-5-20)35-14-16-36(17-15-35)22-8-9-23(18-22)43-24-10-11-25-26(19-24)31(41)37(30(25)40)27-12-13-28(38)34-29(27)39/h4-7,10-11,19,22-23,27H,8-9,12-18H2,1-3H3,(H,34,38,39)/t22-,23+,27?/m1/s1. The Kier molecular flexibility index (Phi) is 7.91. The van der Waals surface area contributed by atoms with Crippen LogP contribution in [0.15, 0.2) is 42.5 Å². The van der Waals surface area contributed by atoms with E-state index in [2.05, 4.69) is 15.1 Å². The van der Waals surface area contributed by atoms with Crippen LogP contribution in [-0.2, 0) is 14.3 Å². The van der Waals surface area contributed by atoms with Crippen molar-refractivity contribution in [2.45, 2.75) is 76.7 Å². The van der Waals surface area contributed by atoms with Gasteiger partial charge in [0, 0.05) is 44.3 Å². The molecule has 0 bridgehead atoms. The number of hydrogen-bond donors (Lipinski definition) is 1. The maximum Gasteiger partial charge on any atom is 0.338 e. The smallest absolute Gasteiger partial charge is 0.338 e. The van der Waals surface area contributed by atoms with Crippen LogP contribution in [0.25, 0.3) is 0 Å². The van der Waals surface area contributed by atoms with Crippen LogP contribution in [0.4, 0.5) is 5.69 Å². The summed E-state index contributed by atoms with van der Waals surface area (Å²) in [4.78, 5) is 68.2. The van der Waals surface area contributed by atoms with Crippen molar-refractivity contribution in [1.29, 1.82) is 0 Å². The zero-order chi connectivity index (χ0) is 31.2. The zero-order valence-corrected chi connectivity index (χ0v) is 25.3. The average Bonchev–Trinajstić information content (AvgIpc) is 3.54. The van der Waals surface area contributed by atoms with E-state index in [-0.39, 0.29) is 36.0 Å². The Morgan fingerprint density at radius 2 is 1.57 bits per heavy atom. The zero-order valence-electron chi connectivity index (χ0n) is 25.3. The van der Waals surface area contributed by atoms with Crippen LogP contribution in [0.2, 0.25) is 0 Å². The first-order valence-electron chi connectivity index (χ1n) is 15.3. The van der Waals surface area contributed by atoms with Crippen LogP contribution >= 0.6 is 0 Å². The van der Waals surface area contributed by atoms with Crippen LogP contribution in [0.5, 0.6) is 5.75 Å². The molecule has 4 amide bonds. The molecule has 0 spiro atoms. The third kappa shape index (κ3) is 6.06. The monoisotopic (exact) mass is 602 g/mol. The van der Waals surface area contributed by atoms with Gasteiger partial charge in [-0.3, -0.25) is 34.3 Å². The van der Waals surface area contributed by atoms with Gasteiger partial charge >= 0.3 is 5.97 Å². The lowest BCUT2D eigenvalue weighted by molar-refractivity contribution is -0.136. The quantitative estimate of drug-likeness (QED) is 0.392. The number of piperidine rings is 1. The largest absolute Gasteiger partial charge is 0.490 e. The molecule has 3 heterocycles. The highest BCUT2D eigenvalue weighted by molar-refractivity contribution is 6.23. The number of carbonyl (C=O) groups excluding carboxylic acids is 5. The SMILES string of the molecule is CC(C)(C)OC(=O)c1ccc(N2CCN([C@@H]3CC[C@H](Oc4ccc5c(c4)C(=O)N(C4CCC(=O)NC4=O)C5=O)C3)CC2)cc1. The first-order chi connectivity index (χ1) is 21.0. The highest BCUT2D eigenvalue weighted by atomic mass is 16.6. The molecule has 3 atom stereocenters. The fourth-order valence-corrected chi connectivity index (χ4v) is 6.56. The summed E-state index contributed by atoms with van der Waals surface area (Å²) < 4.78 is 11.8. The molecule has 3 fully saturated rings. The summed E-state index contributed by atoms with van der Waals surface area (Å²) in [6.07, 6.45) is 2.98. The van der Waals surface area contributed by atoms with Crippen LogP contribution < -0.4 is 15.0 Å². The van der Waals surface area contributed by atoms with Gasteiger partial charge in [-0.2, -0.15) is 0 Å². The van der Waals surface area contributed by atoms with Gasteiger partial charge in [0.05, 0.1) is 16.7 Å². The van der Waals surface area contributed by atoms with E-state index in [0.717, 1.165) is 56.0 Å². The van der Waals surface area contributed by atoms with Crippen molar-refractivity contribution >= 4 is 35.3 Å². The van der Waals surface area contributed by atoms with Gasteiger partial charge in [0.1, 0.15) is 23.5 Å². The molecular weight excluding hydrogens is 564 g/mol. The van der Waals surface area contributed by atoms with Gasteiger partial charge in [0.25, 0.3) is 11.8 Å². The van der Waals surface area contributed by atoms with Crippen molar-refractivity contribution < 1.29 is 33.4 Å². The number of anilines is 1. The van der Waals surface area contributed by atoms with Crippen molar-refractivity contribution in [3.63, 3.8) is 0 Å². The van der Waals surface area contributed by atoms with Crippen molar-refractivity contribution in [2.75, 3.05) is 31.1 Å². The van der Waals surface area contributed by atoms with E-state index in [0.29, 0.717) is 17.4 Å².